The maximum absolute atomic E-state index is 5.97. The van der Waals surface area contributed by atoms with E-state index in [4.69, 9.17) is 17.3 Å². The third-order valence-corrected chi connectivity index (χ3v) is 4.73. The van der Waals surface area contributed by atoms with Gasteiger partial charge in [-0.2, -0.15) is 0 Å². The lowest BCUT2D eigenvalue weighted by Crippen LogP contribution is -2.45. The molecule has 1 aliphatic heterocycles. The van der Waals surface area contributed by atoms with E-state index >= 15 is 0 Å². The van der Waals surface area contributed by atoms with Crippen LogP contribution >= 0.6 is 27.5 Å². The SMILES string of the molecule is CC1CCN(Cc2ccc(Cl)cc2Br)C(CN)C1. The third-order valence-electron chi connectivity index (χ3n) is 3.76. The summed E-state index contributed by atoms with van der Waals surface area (Å²) in [6.45, 7) is 5.15. The van der Waals surface area contributed by atoms with Crippen molar-refractivity contribution in [2.75, 3.05) is 13.1 Å². The zero-order valence-electron chi connectivity index (χ0n) is 10.7. The number of rotatable bonds is 3. The fraction of sp³-hybridized carbons (Fsp3) is 0.571. The molecule has 0 saturated carbocycles. The Morgan fingerprint density at radius 2 is 2.28 bits per heavy atom. The summed E-state index contributed by atoms with van der Waals surface area (Å²) in [4.78, 5) is 2.49. The molecule has 2 rings (SSSR count). The lowest BCUT2D eigenvalue weighted by atomic mass is 9.92. The molecule has 1 saturated heterocycles. The first-order valence-electron chi connectivity index (χ1n) is 6.48. The van der Waals surface area contributed by atoms with Gasteiger partial charge in [0.05, 0.1) is 0 Å². The molecule has 0 spiro atoms. The monoisotopic (exact) mass is 330 g/mol. The average molecular weight is 332 g/mol. The van der Waals surface area contributed by atoms with Gasteiger partial charge in [0.15, 0.2) is 0 Å². The molecule has 1 fully saturated rings. The van der Waals surface area contributed by atoms with Crippen molar-refractivity contribution in [3.63, 3.8) is 0 Å². The molecule has 2 atom stereocenters. The lowest BCUT2D eigenvalue weighted by Gasteiger charge is -2.38. The predicted octanol–water partition coefficient (Wildman–Crippen LogP) is 3.66. The fourth-order valence-corrected chi connectivity index (χ4v) is 3.43. The Balaban J connectivity index is 2.07. The number of benzene rings is 1. The Bertz CT molecular complexity index is 411. The Kier molecular flexibility index (Phi) is 5.07. The third kappa shape index (κ3) is 3.47. The zero-order valence-corrected chi connectivity index (χ0v) is 13.0. The van der Waals surface area contributed by atoms with Crippen molar-refractivity contribution in [3.8, 4) is 0 Å². The van der Waals surface area contributed by atoms with E-state index in [-0.39, 0.29) is 0 Å². The maximum atomic E-state index is 5.97. The van der Waals surface area contributed by atoms with E-state index in [0.29, 0.717) is 6.04 Å². The van der Waals surface area contributed by atoms with Crippen LogP contribution in [0.2, 0.25) is 5.02 Å². The predicted molar refractivity (Wildman–Crippen MR) is 80.8 cm³/mol. The maximum Gasteiger partial charge on any atom is 0.0417 e. The quantitative estimate of drug-likeness (QED) is 0.916. The summed E-state index contributed by atoms with van der Waals surface area (Å²) in [5, 5.41) is 0.772. The van der Waals surface area contributed by atoms with Crippen LogP contribution in [0, 0.1) is 5.92 Å². The van der Waals surface area contributed by atoms with E-state index in [9.17, 15) is 0 Å². The van der Waals surface area contributed by atoms with Crippen molar-refractivity contribution in [3.05, 3.63) is 33.3 Å². The molecule has 0 radical (unpaired) electrons. The highest BCUT2D eigenvalue weighted by Gasteiger charge is 2.25. The second kappa shape index (κ2) is 6.38. The van der Waals surface area contributed by atoms with Crippen LogP contribution in [0.3, 0.4) is 0 Å². The Morgan fingerprint density at radius 1 is 1.50 bits per heavy atom. The van der Waals surface area contributed by atoms with Gasteiger partial charge in [0.2, 0.25) is 0 Å². The first kappa shape index (κ1) is 14.3. The van der Waals surface area contributed by atoms with E-state index in [1.807, 2.05) is 12.1 Å². The standard InChI is InChI=1S/C14H20BrClN2/c1-10-4-5-18(13(6-10)8-17)9-11-2-3-12(16)7-14(11)15/h2-3,7,10,13H,4-6,8-9,17H2,1H3. The van der Waals surface area contributed by atoms with Gasteiger partial charge in [-0.15, -0.1) is 0 Å². The van der Waals surface area contributed by atoms with E-state index in [1.54, 1.807) is 0 Å². The normalized spacial score (nSPS) is 25.3. The van der Waals surface area contributed by atoms with E-state index in [2.05, 4.69) is 33.8 Å². The lowest BCUT2D eigenvalue weighted by molar-refractivity contribution is 0.115. The van der Waals surface area contributed by atoms with Crippen LogP contribution in [0.1, 0.15) is 25.3 Å². The molecule has 2 nitrogen and oxygen atoms in total. The molecule has 1 aliphatic rings. The molecule has 1 heterocycles. The van der Waals surface area contributed by atoms with Crippen molar-refractivity contribution >= 4 is 27.5 Å². The number of piperidine rings is 1. The minimum atomic E-state index is 0.510. The number of hydrogen-bond donors (Lipinski definition) is 1. The van der Waals surface area contributed by atoms with Crippen LogP contribution in [0.5, 0.6) is 0 Å². The summed E-state index contributed by atoms with van der Waals surface area (Å²) >= 11 is 9.56. The summed E-state index contributed by atoms with van der Waals surface area (Å²) in [6.07, 6.45) is 2.48. The van der Waals surface area contributed by atoms with Crippen molar-refractivity contribution in [1.82, 2.24) is 4.90 Å². The average Bonchev–Trinajstić information content (AvgIpc) is 2.34. The van der Waals surface area contributed by atoms with Gasteiger partial charge in [0.1, 0.15) is 0 Å². The smallest absolute Gasteiger partial charge is 0.0417 e. The molecule has 0 bridgehead atoms. The zero-order chi connectivity index (χ0) is 13.1. The fourth-order valence-electron chi connectivity index (χ4n) is 2.62. The molecule has 4 heteroatoms. The topological polar surface area (TPSA) is 29.3 Å². The molecule has 2 unspecified atom stereocenters. The minimum Gasteiger partial charge on any atom is -0.329 e. The van der Waals surface area contributed by atoms with Gasteiger partial charge in [-0.1, -0.05) is 40.5 Å². The highest BCUT2D eigenvalue weighted by Crippen LogP contribution is 2.27. The van der Waals surface area contributed by atoms with Crippen molar-refractivity contribution < 1.29 is 0 Å². The summed E-state index contributed by atoms with van der Waals surface area (Å²) in [5.41, 5.74) is 7.18. The van der Waals surface area contributed by atoms with E-state index < -0.39 is 0 Å². The molecule has 1 aromatic carbocycles. The highest BCUT2D eigenvalue weighted by atomic mass is 79.9. The molecule has 0 amide bonds. The molecular formula is C14H20BrClN2. The van der Waals surface area contributed by atoms with Crippen LogP contribution in [0.4, 0.5) is 0 Å². The first-order chi connectivity index (χ1) is 8.60. The van der Waals surface area contributed by atoms with Crippen LogP contribution in [-0.2, 0) is 6.54 Å². The minimum absolute atomic E-state index is 0.510. The summed E-state index contributed by atoms with van der Waals surface area (Å²) in [6, 6.07) is 6.52. The molecular weight excluding hydrogens is 312 g/mol. The summed E-state index contributed by atoms with van der Waals surface area (Å²) < 4.78 is 1.09. The van der Waals surface area contributed by atoms with Crippen LogP contribution in [-0.4, -0.2) is 24.0 Å². The van der Waals surface area contributed by atoms with Crippen LogP contribution < -0.4 is 5.73 Å². The van der Waals surface area contributed by atoms with Crippen LogP contribution in [0.25, 0.3) is 0 Å². The number of nitrogens with zero attached hydrogens (tertiary/aromatic N) is 1. The number of likely N-dealkylation sites (tertiary alicyclic amines) is 1. The molecule has 0 aliphatic carbocycles. The number of nitrogens with two attached hydrogens (primary N) is 1. The molecule has 0 aromatic heterocycles. The second-order valence-electron chi connectivity index (χ2n) is 5.23. The Morgan fingerprint density at radius 3 is 2.94 bits per heavy atom. The van der Waals surface area contributed by atoms with Gasteiger partial charge in [0.25, 0.3) is 0 Å². The van der Waals surface area contributed by atoms with Gasteiger partial charge < -0.3 is 5.73 Å². The summed E-state index contributed by atoms with van der Waals surface area (Å²) in [5.74, 6) is 0.795. The molecule has 18 heavy (non-hydrogen) atoms. The molecule has 100 valence electrons. The van der Waals surface area contributed by atoms with Gasteiger partial charge in [0, 0.05) is 28.6 Å². The van der Waals surface area contributed by atoms with Gasteiger partial charge in [-0.25, -0.2) is 0 Å². The second-order valence-corrected chi connectivity index (χ2v) is 6.52. The first-order valence-corrected chi connectivity index (χ1v) is 7.65. The van der Waals surface area contributed by atoms with Gasteiger partial charge in [-0.05, 0) is 43.0 Å². The van der Waals surface area contributed by atoms with Crippen molar-refractivity contribution in [2.24, 2.45) is 11.7 Å². The molecule has 2 N–H and O–H groups in total. The Hall–Kier alpha value is -0.0900. The van der Waals surface area contributed by atoms with Crippen molar-refractivity contribution in [1.29, 1.82) is 0 Å². The Labute approximate surface area is 123 Å². The van der Waals surface area contributed by atoms with Gasteiger partial charge >= 0.3 is 0 Å². The highest BCUT2D eigenvalue weighted by molar-refractivity contribution is 9.10. The van der Waals surface area contributed by atoms with Gasteiger partial charge in [-0.3, -0.25) is 4.90 Å². The number of hydrogen-bond acceptors (Lipinski definition) is 2. The van der Waals surface area contributed by atoms with E-state index in [0.717, 1.165) is 35.0 Å². The van der Waals surface area contributed by atoms with Crippen LogP contribution in [0.15, 0.2) is 22.7 Å². The largest absolute Gasteiger partial charge is 0.329 e. The van der Waals surface area contributed by atoms with Crippen molar-refractivity contribution in [2.45, 2.75) is 32.4 Å². The number of halogens is 2. The summed E-state index contributed by atoms with van der Waals surface area (Å²) in [7, 11) is 0. The molecule has 1 aromatic rings. The van der Waals surface area contributed by atoms with E-state index in [1.165, 1.54) is 18.4 Å².